The van der Waals surface area contributed by atoms with Crippen molar-refractivity contribution in [2.24, 2.45) is 0 Å². The quantitative estimate of drug-likeness (QED) is 0.708. The highest BCUT2D eigenvalue weighted by atomic mass is 32.2. The molecule has 1 amide bonds. The summed E-state index contributed by atoms with van der Waals surface area (Å²) in [6.45, 7) is 4.18. The molecular weight excluding hydrogens is 306 g/mol. The Kier molecular flexibility index (Phi) is 4.53. The minimum absolute atomic E-state index is 0.247. The molecule has 2 aromatic carbocycles. The number of aryl methyl sites for hydroxylation is 2. The largest absolute Gasteiger partial charge is 0.459 e. The first kappa shape index (κ1) is 15.4. The van der Waals surface area contributed by atoms with Crippen LogP contribution in [0.3, 0.4) is 0 Å². The summed E-state index contributed by atoms with van der Waals surface area (Å²) in [6.07, 6.45) is 1.49. The van der Waals surface area contributed by atoms with Crippen molar-refractivity contribution < 1.29 is 9.21 Å². The topological polar surface area (TPSA) is 42.2 Å². The lowest BCUT2D eigenvalue weighted by Gasteiger charge is -2.11. The Balaban J connectivity index is 1.84. The van der Waals surface area contributed by atoms with E-state index in [1.54, 1.807) is 23.9 Å². The molecule has 0 aliphatic rings. The van der Waals surface area contributed by atoms with Crippen LogP contribution in [-0.4, -0.2) is 5.91 Å². The van der Waals surface area contributed by atoms with Crippen molar-refractivity contribution in [1.82, 2.24) is 0 Å². The summed E-state index contributed by atoms with van der Waals surface area (Å²) in [5.74, 6) is 0.0556. The molecule has 0 radical (unpaired) electrons. The number of carbonyl (C=O) groups excluding carboxylic acids is 1. The molecule has 0 saturated carbocycles. The Labute approximate surface area is 139 Å². The average Bonchev–Trinajstić information content (AvgIpc) is 3.06. The lowest BCUT2D eigenvalue weighted by molar-refractivity contribution is 0.0996. The molecule has 1 heterocycles. The minimum Gasteiger partial charge on any atom is -0.459 e. The Bertz CT molecular complexity index is 825. The van der Waals surface area contributed by atoms with Crippen LogP contribution in [0.2, 0.25) is 0 Å². The van der Waals surface area contributed by atoms with Gasteiger partial charge >= 0.3 is 0 Å². The number of rotatable bonds is 4. The van der Waals surface area contributed by atoms with Gasteiger partial charge in [-0.2, -0.15) is 0 Å². The molecule has 0 aliphatic carbocycles. The van der Waals surface area contributed by atoms with E-state index in [-0.39, 0.29) is 5.91 Å². The highest BCUT2D eigenvalue weighted by Crippen LogP contribution is 2.35. The van der Waals surface area contributed by atoms with Crippen LogP contribution in [0.25, 0.3) is 0 Å². The molecule has 0 aliphatic heterocycles. The summed E-state index contributed by atoms with van der Waals surface area (Å²) in [4.78, 5) is 14.4. The molecule has 3 rings (SSSR count). The smallest absolute Gasteiger partial charge is 0.291 e. The van der Waals surface area contributed by atoms with Crippen LogP contribution in [0, 0.1) is 13.8 Å². The number of amides is 1. The van der Waals surface area contributed by atoms with Crippen LogP contribution in [0.1, 0.15) is 21.7 Å². The van der Waals surface area contributed by atoms with Gasteiger partial charge in [-0.3, -0.25) is 4.79 Å². The molecule has 3 nitrogen and oxygen atoms in total. The van der Waals surface area contributed by atoms with Gasteiger partial charge < -0.3 is 9.73 Å². The first-order valence-corrected chi connectivity index (χ1v) is 8.14. The van der Waals surface area contributed by atoms with Gasteiger partial charge in [-0.25, -0.2) is 0 Å². The van der Waals surface area contributed by atoms with Crippen molar-refractivity contribution in [2.75, 3.05) is 5.32 Å². The molecule has 1 aromatic heterocycles. The van der Waals surface area contributed by atoms with Gasteiger partial charge in [0.1, 0.15) is 0 Å². The first-order valence-electron chi connectivity index (χ1n) is 7.32. The molecule has 0 bridgehead atoms. The van der Waals surface area contributed by atoms with Crippen LogP contribution in [0.4, 0.5) is 5.69 Å². The van der Waals surface area contributed by atoms with Gasteiger partial charge in [-0.15, -0.1) is 0 Å². The molecular formula is C19H17NO2S. The summed E-state index contributed by atoms with van der Waals surface area (Å²) in [5.41, 5.74) is 3.24. The second kappa shape index (κ2) is 6.75. The maximum Gasteiger partial charge on any atom is 0.291 e. The van der Waals surface area contributed by atoms with E-state index in [1.807, 2.05) is 24.3 Å². The van der Waals surface area contributed by atoms with Crippen LogP contribution in [-0.2, 0) is 0 Å². The van der Waals surface area contributed by atoms with Crippen molar-refractivity contribution in [3.8, 4) is 0 Å². The predicted molar refractivity (Wildman–Crippen MR) is 93.1 cm³/mol. The number of carbonyl (C=O) groups is 1. The molecule has 0 atom stereocenters. The average molecular weight is 323 g/mol. The maximum absolute atomic E-state index is 12.2. The van der Waals surface area contributed by atoms with E-state index in [1.165, 1.54) is 22.3 Å². The summed E-state index contributed by atoms with van der Waals surface area (Å²) in [5, 5.41) is 2.91. The lowest BCUT2D eigenvalue weighted by atomic mass is 10.2. The number of hydrogen-bond acceptors (Lipinski definition) is 3. The molecule has 23 heavy (non-hydrogen) atoms. The van der Waals surface area contributed by atoms with E-state index in [0.717, 1.165) is 10.6 Å². The Hall–Kier alpha value is -2.46. The molecule has 0 unspecified atom stereocenters. The summed E-state index contributed by atoms with van der Waals surface area (Å²) >= 11 is 1.64. The van der Waals surface area contributed by atoms with E-state index < -0.39 is 0 Å². The second-order valence-electron chi connectivity index (χ2n) is 5.30. The van der Waals surface area contributed by atoms with Crippen LogP contribution in [0.5, 0.6) is 0 Å². The number of anilines is 1. The van der Waals surface area contributed by atoms with Crippen LogP contribution >= 0.6 is 11.8 Å². The number of nitrogens with one attached hydrogen (secondary N) is 1. The van der Waals surface area contributed by atoms with E-state index in [9.17, 15) is 4.79 Å². The van der Waals surface area contributed by atoms with Gasteiger partial charge in [0, 0.05) is 9.79 Å². The van der Waals surface area contributed by atoms with Crippen molar-refractivity contribution in [3.05, 3.63) is 77.7 Å². The maximum atomic E-state index is 12.2. The van der Waals surface area contributed by atoms with Gasteiger partial charge in [0.05, 0.1) is 12.0 Å². The van der Waals surface area contributed by atoms with Gasteiger partial charge in [0.15, 0.2) is 5.76 Å². The van der Waals surface area contributed by atoms with Gasteiger partial charge in [0.25, 0.3) is 5.91 Å². The summed E-state index contributed by atoms with van der Waals surface area (Å²) in [7, 11) is 0. The first-order chi connectivity index (χ1) is 11.1. The van der Waals surface area contributed by atoms with Gasteiger partial charge in [-0.1, -0.05) is 41.6 Å². The van der Waals surface area contributed by atoms with Crippen LogP contribution in [0.15, 0.2) is 75.1 Å². The number of benzene rings is 2. The fourth-order valence-corrected chi connectivity index (χ4v) is 3.25. The minimum atomic E-state index is -0.247. The number of para-hydroxylation sites is 1. The zero-order valence-corrected chi connectivity index (χ0v) is 13.8. The third-order valence-electron chi connectivity index (χ3n) is 3.43. The fourth-order valence-electron chi connectivity index (χ4n) is 2.28. The Morgan fingerprint density at radius 3 is 2.57 bits per heavy atom. The third kappa shape index (κ3) is 3.66. The summed E-state index contributed by atoms with van der Waals surface area (Å²) in [6, 6.07) is 17.5. The van der Waals surface area contributed by atoms with E-state index >= 15 is 0 Å². The van der Waals surface area contributed by atoms with Crippen molar-refractivity contribution in [2.45, 2.75) is 23.6 Å². The van der Waals surface area contributed by atoms with Crippen LogP contribution < -0.4 is 5.32 Å². The highest BCUT2D eigenvalue weighted by Gasteiger charge is 2.12. The molecule has 1 N–H and O–H groups in total. The molecule has 4 heteroatoms. The predicted octanol–water partition coefficient (Wildman–Crippen LogP) is 5.30. The lowest BCUT2D eigenvalue weighted by Crippen LogP contribution is -2.11. The molecule has 0 fully saturated rings. The molecule has 3 aromatic rings. The second-order valence-corrected chi connectivity index (χ2v) is 6.38. The monoisotopic (exact) mass is 323 g/mol. The SMILES string of the molecule is Cc1ccc(Sc2ccccc2NC(=O)c2ccco2)c(C)c1. The van der Waals surface area contributed by atoms with Crippen molar-refractivity contribution in [3.63, 3.8) is 0 Å². The van der Waals surface area contributed by atoms with Crippen molar-refractivity contribution in [1.29, 1.82) is 0 Å². The standard InChI is InChI=1S/C19H17NO2S/c1-13-9-10-17(14(2)12-13)23-18-8-4-3-6-15(18)20-19(21)16-7-5-11-22-16/h3-12H,1-2H3,(H,20,21). The molecule has 0 saturated heterocycles. The zero-order valence-electron chi connectivity index (χ0n) is 13.0. The van der Waals surface area contributed by atoms with Gasteiger partial charge in [0.2, 0.25) is 0 Å². The van der Waals surface area contributed by atoms with E-state index in [4.69, 9.17) is 4.42 Å². The molecule has 0 spiro atoms. The Morgan fingerprint density at radius 1 is 1.00 bits per heavy atom. The van der Waals surface area contributed by atoms with E-state index in [0.29, 0.717) is 5.76 Å². The summed E-state index contributed by atoms with van der Waals surface area (Å²) < 4.78 is 5.14. The number of furan rings is 1. The van der Waals surface area contributed by atoms with Gasteiger partial charge in [-0.05, 0) is 49.7 Å². The molecule has 116 valence electrons. The number of hydrogen-bond donors (Lipinski definition) is 1. The zero-order chi connectivity index (χ0) is 16.2. The third-order valence-corrected chi connectivity index (χ3v) is 4.68. The highest BCUT2D eigenvalue weighted by molar-refractivity contribution is 7.99. The normalized spacial score (nSPS) is 10.5. The van der Waals surface area contributed by atoms with E-state index in [2.05, 4.69) is 37.4 Å². The van der Waals surface area contributed by atoms with Crippen molar-refractivity contribution >= 4 is 23.4 Å². The Morgan fingerprint density at radius 2 is 1.83 bits per heavy atom. The fraction of sp³-hybridized carbons (Fsp3) is 0.105.